The van der Waals surface area contributed by atoms with Gasteiger partial charge < -0.3 is 10.1 Å². The van der Waals surface area contributed by atoms with E-state index in [4.69, 9.17) is 4.74 Å². The van der Waals surface area contributed by atoms with Crippen molar-refractivity contribution in [3.8, 4) is 5.75 Å². The van der Waals surface area contributed by atoms with Crippen molar-refractivity contribution in [2.75, 3.05) is 6.61 Å². The number of ether oxygens (including phenoxy) is 1. The molecule has 2 aromatic heterocycles. The Morgan fingerprint density at radius 2 is 2.00 bits per heavy atom. The number of fused-ring (bicyclic) bond motifs is 3. The number of carbonyl (C=O) groups is 2. The molecule has 5 rings (SSSR count). The van der Waals surface area contributed by atoms with Crippen molar-refractivity contribution in [2.45, 2.75) is 25.4 Å². The molecule has 29 heavy (non-hydrogen) atoms. The van der Waals surface area contributed by atoms with Gasteiger partial charge in [0, 0.05) is 24.2 Å². The fourth-order valence-electron chi connectivity index (χ4n) is 4.01. The van der Waals surface area contributed by atoms with E-state index < -0.39 is 11.6 Å². The van der Waals surface area contributed by atoms with Crippen LogP contribution >= 0.6 is 0 Å². The smallest absolute Gasteiger partial charge is 0.325 e. The summed E-state index contributed by atoms with van der Waals surface area (Å²) in [4.78, 5) is 44.1. The molecule has 8 nitrogen and oxygen atoms in total. The molecule has 146 valence electrons. The topological polar surface area (TPSA) is 93.0 Å². The molecule has 1 N–H and O–H groups in total. The number of carbonyl (C=O) groups excluding carboxylic acids is 2. The van der Waals surface area contributed by atoms with E-state index in [1.165, 1.54) is 10.5 Å². The molecule has 1 unspecified atom stereocenters. The highest BCUT2D eigenvalue weighted by molar-refractivity contribution is 6.07. The third-order valence-corrected chi connectivity index (χ3v) is 5.45. The van der Waals surface area contributed by atoms with Crippen LogP contribution in [0.2, 0.25) is 0 Å². The number of rotatable bonds is 2. The van der Waals surface area contributed by atoms with Crippen LogP contribution in [-0.2, 0) is 16.9 Å². The van der Waals surface area contributed by atoms with E-state index in [2.05, 4.69) is 10.3 Å². The molecule has 0 saturated carbocycles. The number of hydrogen-bond donors (Lipinski definition) is 1. The van der Waals surface area contributed by atoms with Crippen molar-refractivity contribution < 1.29 is 14.3 Å². The number of hydrogen-bond acceptors (Lipinski definition) is 5. The number of para-hydroxylation sites is 1. The van der Waals surface area contributed by atoms with Crippen LogP contribution in [-0.4, -0.2) is 32.8 Å². The molecule has 2 aliphatic rings. The normalized spacial score (nSPS) is 20.7. The summed E-state index contributed by atoms with van der Waals surface area (Å²) in [6, 6.07) is 11.7. The Kier molecular flexibility index (Phi) is 3.70. The standard InChI is InChI=1S/C21H18N4O4/c1-13-6-8-24-17(10-13)22-14(11-18(24)26)12-25-19(27)21(23-20(25)28)7-9-29-16-5-3-2-4-15(16)21/h2-6,8,10-11H,7,9,12H2,1H3,(H,23,28). The number of benzene rings is 1. The first-order valence-corrected chi connectivity index (χ1v) is 9.33. The van der Waals surface area contributed by atoms with Crippen LogP contribution < -0.4 is 15.6 Å². The van der Waals surface area contributed by atoms with Crippen molar-refractivity contribution >= 4 is 17.6 Å². The number of amides is 3. The minimum absolute atomic E-state index is 0.0743. The Morgan fingerprint density at radius 1 is 1.17 bits per heavy atom. The average molecular weight is 390 g/mol. The number of pyridine rings is 1. The number of urea groups is 1. The quantitative estimate of drug-likeness (QED) is 0.673. The summed E-state index contributed by atoms with van der Waals surface area (Å²) in [5, 5.41) is 2.85. The Labute approximate surface area is 165 Å². The summed E-state index contributed by atoms with van der Waals surface area (Å²) in [6.07, 6.45) is 2.00. The molecule has 2 aliphatic heterocycles. The fraction of sp³-hybridized carbons (Fsp3) is 0.238. The van der Waals surface area contributed by atoms with Crippen LogP contribution in [0.25, 0.3) is 5.65 Å². The Bertz CT molecular complexity index is 1230. The van der Waals surface area contributed by atoms with Gasteiger partial charge in [0.25, 0.3) is 11.5 Å². The second-order valence-corrected chi connectivity index (χ2v) is 7.34. The maximum Gasteiger partial charge on any atom is 0.325 e. The van der Waals surface area contributed by atoms with Crippen molar-refractivity contribution in [1.29, 1.82) is 0 Å². The van der Waals surface area contributed by atoms with E-state index >= 15 is 0 Å². The Morgan fingerprint density at radius 3 is 2.86 bits per heavy atom. The van der Waals surface area contributed by atoms with Crippen LogP contribution in [0.4, 0.5) is 4.79 Å². The lowest BCUT2D eigenvalue weighted by atomic mass is 9.84. The lowest BCUT2D eigenvalue weighted by Gasteiger charge is -2.33. The van der Waals surface area contributed by atoms with Crippen molar-refractivity contribution in [1.82, 2.24) is 19.6 Å². The molecule has 1 spiro atoms. The monoisotopic (exact) mass is 390 g/mol. The number of imide groups is 1. The highest BCUT2D eigenvalue weighted by Crippen LogP contribution is 2.41. The van der Waals surface area contributed by atoms with Crippen LogP contribution in [0.3, 0.4) is 0 Å². The molecular formula is C21H18N4O4. The second-order valence-electron chi connectivity index (χ2n) is 7.34. The summed E-state index contributed by atoms with van der Waals surface area (Å²) < 4.78 is 7.07. The SMILES string of the molecule is Cc1ccn2c(=O)cc(CN3C(=O)NC4(CCOc5ccccc54)C3=O)nc2c1. The summed E-state index contributed by atoms with van der Waals surface area (Å²) in [5.74, 6) is 0.233. The summed E-state index contributed by atoms with van der Waals surface area (Å²) in [6.45, 7) is 2.16. The predicted octanol–water partition coefficient (Wildman–Crippen LogP) is 1.73. The van der Waals surface area contributed by atoms with Gasteiger partial charge in [0.05, 0.1) is 18.8 Å². The molecule has 3 aromatic rings. The molecule has 1 aromatic carbocycles. The molecular weight excluding hydrogens is 372 g/mol. The van der Waals surface area contributed by atoms with E-state index in [1.54, 1.807) is 24.4 Å². The zero-order chi connectivity index (χ0) is 20.2. The molecule has 4 heterocycles. The third-order valence-electron chi connectivity index (χ3n) is 5.45. The Hall–Kier alpha value is -3.68. The van der Waals surface area contributed by atoms with E-state index in [-0.39, 0.29) is 18.0 Å². The number of nitrogens with one attached hydrogen (secondary N) is 1. The molecule has 3 amide bonds. The van der Waals surface area contributed by atoms with Crippen molar-refractivity contribution in [3.63, 3.8) is 0 Å². The van der Waals surface area contributed by atoms with E-state index in [0.717, 1.165) is 10.5 Å². The van der Waals surface area contributed by atoms with Gasteiger partial charge in [0.15, 0.2) is 5.54 Å². The molecule has 0 aliphatic carbocycles. The first kappa shape index (κ1) is 17.4. The number of aryl methyl sites for hydroxylation is 1. The first-order chi connectivity index (χ1) is 14.0. The molecule has 1 fully saturated rings. The highest BCUT2D eigenvalue weighted by atomic mass is 16.5. The minimum atomic E-state index is -1.14. The fourth-order valence-corrected chi connectivity index (χ4v) is 4.01. The molecule has 1 saturated heterocycles. The maximum atomic E-state index is 13.3. The van der Waals surface area contributed by atoms with Gasteiger partial charge in [-0.3, -0.25) is 18.9 Å². The highest BCUT2D eigenvalue weighted by Gasteiger charge is 2.54. The molecule has 1 atom stereocenters. The van der Waals surface area contributed by atoms with Gasteiger partial charge >= 0.3 is 6.03 Å². The zero-order valence-corrected chi connectivity index (χ0v) is 15.7. The van der Waals surface area contributed by atoms with Gasteiger partial charge in [0.2, 0.25) is 0 Å². The van der Waals surface area contributed by atoms with E-state index in [9.17, 15) is 14.4 Å². The molecule has 8 heteroatoms. The summed E-state index contributed by atoms with van der Waals surface area (Å²) in [5.41, 5.74) is 1.04. The van der Waals surface area contributed by atoms with Crippen LogP contribution in [0.15, 0.2) is 53.5 Å². The van der Waals surface area contributed by atoms with E-state index in [0.29, 0.717) is 35.7 Å². The average Bonchev–Trinajstić information content (AvgIpc) is 2.93. The van der Waals surface area contributed by atoms with Gasteiger partial charge in [-0.25, -0.2) is 9.78 Å². The lowest BCUT2D eigenvalue weighted by Crippen LogP contribution is -2.47. The molecule has 0 bridgehead atoms. The predicted molar refractivity (Wildman–Crippen MR) is 104 cm³/mol. The van der Waals surface area contributed by atoms with E-state index in [1.807, 2.05) is 25.1 Å². The molecule has 0 radical (unpaired) electrons. The van der Waals surface area contributed by atoms with Crippen molar-refractivity contribution in [2.24, 2.45) is 0 Å². The van der Waals surface area contributed by atoms with Gasteiger partial charge in [-0.1, -0.05) is 18.2 Å². The Balaban J connectivity index is 1.53. The lowest BCUT2D eigenvalue weighted by molar-refractivity contribution is -0.133. The van der Waals surface area contributed by atoms with Crippen LogP contribution in [0.1, 0.15) is 23.2 Å². The van der Waals surface area contributed by atoms with Crippen LogP contribution in [0, 0.1) is 6.92 Å². The second kappa shape index (κ2) is 6.16. The van der Waals surface area contributed by atoms with Gasteiger partial charge in [-0.2, -0.15) is 0 Å². The largest absolute Gasteiger partial charge is 0.493 e. The van der Waals surface area contributed by atoms with Gasteiger partial charge in [0.1, 0.15) is 11.4 Å². The first-order valence-electron chi connectivity index (χ1n) is 9.33. The summed E-state index contributed by atoms with van der Waals surface area (Å²) >= 11 is 0. The van der Waals surface area contributed by atoms with Crippen molar-refractivity contribution in [3.05, 3.63) is 75.8 Å². The van der Waals surface area contributed by atoms with Crippen LogP contribution in [0.5, 0.6) is 5.75 Å². The maximum absolute atomic E-state index is 13.3. The minimum Gasteiger partial charge on any atom is -0.493 e. The van der Waals surface area contributed by atoms with Gasteiger partial charge in [-0.05, 0) is 30.7 Å². The zero-order valence-electron chi connectivity index (χ0n) is 15.7. The summed E-state index contributed by atoms with van der Waals surface area (Å²) in [7, 11) is 0. The number of aromatic nitrogens is 2. The number of nitrogens with zero attached hydrogens (tertiary/aromatic N) is 3. The third kappa shape index (κ3) is 2.60. The van der Waals surface area contributed by atoms with Gasteiger partial charge in [-0.15, -0.1) is 0 Å².